The van der Waals surface area contributed by atoms with Crippen LogP contribution in [-0.2, 0) is 19.6 Å². The van der Waals surface area contributed by atoms with E-state index in [1.54, 1.807) is 34.0 Å². The van der Waals surface area contributed by atoms with Gasteiger partial charge < -0.3 is 56.4 Å². The van der Waals surface area contributed by atoms with E-state index in [0.29, 0.717) is 36.5 Å². The third kappa shape index (κ3) is 13.6. The number of nitrogens with zero attached hydrogens (tertiary/aromatic N) is 15. The number of nitrogen functional groups attached to an aromatic ring is 4. The van der Waals surface area contributed by atoms with Crippen molar-refractivity contribution in [1.82, 2.24) is 63.5 Å². The van der Waals surface area contributed by atoms with Gasteiger partial charge in [0.25, 0.3) is 0 Å². The molecule has 2 aliphatic heterocycles. The number of likely N-dealkylation sites (N-methyl/N-ethyl adjacent to an activating group) is 1. The van der Waals surface area contributed by atoms with Crippen molar-refractivity contribution in [1.29, 1.82) is 0 Å². The molecule has 500 valence electrons. The van der Waals surface area contributed by atoms with Crippen molar-refractivity contribution in [3.63, 3.8) is 0 Å². The van der Waals surface area contributed by atoms with E-state index < -0.39 is 0 Å². The van der Waals surface area contributed by atoms with E-state index in [-0.39, 0.29) is 6.61 Å². The van der Waals surface area contributed by atoms with Crippen molar-refractivity contribution < 1.29 is 5.11 Å². The highest BCUT2D eigenvalue weighted by atomic mass is 32.1. The first-order chi connectivity index (χ1) is 49.1. The Morgan fingerprint density at radius 2 is 0.730 bits per heavy atom. The molecule has 0 aliphatic carbocycles. The summed E-state index contributed by atoms with van der Waals surface area (Å²) >= 11 is 4.82. The third-order valence-corrected chi connectivity index (χ3v) is 21.7. The van der Waals surface area contributed by atoms with Gasteiger partial charge in [-0.15, -0.1) is 34.0 Å². The molecule has 0 atom stereocenters. The van der Waals surface area contributed by atoms with Gasteiger partial charge in [0.05, 0.1) is 104 Å². The minimum absolute atomic E-state index is 0.278. The molecule has 9 aromatic heterocycles. The Balaban J connectivity index is 0.000000123. The van der Waals surface area contributed by atoms with E-state index in [9.17, 15) is 5.11 Å². The van der Waals surface area contributed by atoms with Gasteiger partial charge in [0.1, 0.15) is 50.9 Å². The number of fused-ring (bicyclic) bond motifs is 3. The zero-order valence-electron chi connectivity index (χ0n) is 55.0. The molecule has 6 aromatic carbocycles. The Hall–Kier alpha value is -11.2. The number of hydrogen-bond acceptors (Lipinski definition) is 20. The van der Waals surface area contributed by atoms with Crippen molar-refractivity contribution in [2.75, 3.05) is 85.7 Å². The van der Waals surface area contributed by atoms with Crippen LogP contribution in [0.1, 0.15) is 29.5 Å². The summed E-state index contributed by atoms with van der Waals surface area (Å²) in [6.45, 7) is 8.47. The SMILES string of the molecule is CN1CCN(c2ccccc2Cn2cnc(-c3ccccc3)c2-c2cc3c(N)ncnc3s2)CC1.Nc1ccccc1Cn1cnc(-c2ccccc2)c1-c1cc2c(N)ncnc2s1.Nc1ncnc2sc(-c3c(-c4ccccc4)ncn3Cc3ccccc3N3CCC(CO)CC3)cc12. The lowest BCUT2D eigenvalue weighted by Crippen LogP contribution is -2.44. The summed E-state index contributed by atoms with van der Waals surface area (Å²) in [5, 5.41) is 12.2. The predicted molar refractivity (Wildman–Crippen MR) is 408 cm³/mol. The summed E-state index contributed by atoms with van der Waals surface area (Å²) < 4.78 is 6.61. The lowest BCUT2D eigenvalue weighted by molar-refractivity contribution is 0.203. The van der Waals surface area contributed by atoms with Gasteiger partial charge in [0, 0.05) is 79.6 Å². The van der Waals surface area contributed by atoms with Crippen LogP contribution in [0, 0.1) is 5.92 Å². The van der Waals surface area contributed by atoms with Gasteiger partial charge in [-0.1, -0.05) is 146 Å². The molecule has 20 nitrogen and oxygen atoms in total. The van der Waals surface area contributed by atoms with E-state index in [4.69, 9.17) is 37.9 Å². The first-order valence-electron chi connectivity index (χ1n) is 33.2. The number of benzene rings is 6. The molecule has 15 aromatic rings. The fourth-order valence-corrected chi connectivity index (χ4v) is 16.4. The third-order valence-electron chi connectivity index (χ3n) is 18.6. The second-order valence-electron chi connectivity index (χ2n) is 24.9. The maximum atomic E-state index is 9.56. The van der Waals surface area contributed by atoms with E-state index >= 15 is 0 Å². The molecule has 0 unspecified atom stereocenters. The number of hydrogen-bond donors (Lipinski definition) is 5. The van der Waals surface area contributed by atoms with Crippen molar-refractivity contribution in [3.05, 3.63) is 237 Å². The topological polar surface area (TPSA) is 265 Å². The Bertz CT molecular complexity index is 5300. The molecular formula is C77H73N19OS3. The summed E-state index contributed by atoms with van der Waals surface area (Å²) in [6, 6.07) is 62.3. The number of aromatic nitrogens is 12. The highest BCUT2D eigenvalue weighted by Gasteiger charge is 2.26. The minimum Gasteiger partial charge on any atom is -0.398 e. The van der Waals surface area contributed by atoms with Crippen LogP contribution in [0.25, 0.3) is 96.1 Å². The molecule has 0 amide bonds. The maximum Gasteiger partial charge on any atom is 0.135 e. The lowest BCUT2D eigenvalue weighted by Gasteiger charge is -2.35. The van der Waals surface area contributed by atoms with Gasteiger partial charge >= 0.3 is 0 Å². The number of anilines is 6. The van der Waals surface area contributed by atoms with Crippen LogP contribution in [0.5, 0.6) is 0 Å². The molecule has 9 N–H and O–H groups in total. The number of aliphatic hydroxyl groups excluding tert-OH is 1. The molecule has 17 rings (SSSR count). The summed E-state index contributed by atoms with van der Waals surface area (Å²) in [5.74, 6) is 1.89. The van der Waals surface area contributed by atoms with Crippen LogP contribution >= 0.6 is 34.0 Å². The molecule has 2 saturated heterocycles. The normalized spacial score (nSPS) is 13.6. The Kier molecular flexibility index (Phi) is 18.8. The molecular weight excluding hydrogens is 1300 g/mol. The number of piperazine rings is 1. The van der Waals surface area contributed by atoms with Gasteiger partial charge in [-0.3, -0.25) is 0 Å². The largest absolute Gasteiger partial charge is 0.398 e. The quantitative estimate of drug-likeness (QED) is 0.0597. The molecule has 100 heavy (non-hydrogen) atoms. The molecule has 23 heteroatoms. The van der Waals surface area contributed by atoms with E-state index in [1.165, 1.54) is 41.5 Å². The Morgan fingerprint density at radius 1 is 0.390 bits per heavy atom. The van der Waals surface area contributed by atoms with Crippen LogP contribution in [0.4, 0.5) is 34.5 Å². The minimum atomic E-state index is 0.278. The fourth-order valence-electron chi connectivity index (χ4n) is 13.2. The second kappa shape index (κ2) is 29.1. The summed E-state index contributed by atoms with van der Waals surface area (Å²) in [4.78, 5) is 53.4. The molecule has 2 fully saturated rings. The highest BCUT2D eigenvalue weighted by Crippen LogP contribution is 2.44. The van der Waals surface area contributed by atoms with Crippen LogP contribution in [-0.4, -0.2) is 121 Å². The maximum absolute atomic E-state index is 9.56. The van der Waals surface area contributed by atoms with Crippen LogP contribution in [0.3, 0.4) is 0 Å². The molecule has 0 bridgehead atoms. The van der Waals surface area contributed by atoms with Gasteiger partial charge in [0.2, 0.25) is 0 Å². The smallest absolute Gasteiger partial charge is 0.135 e. The Labute approximate surface area is 590 Å². The van der Waals surface area contributed by atoms with Gasteiger partial charge in [-0.25, -0.2) is 44.9 Å². The molecule has 11 heterocycles. The average molecular weight is 1380 g/mol. The predicted octanol–water partition coefficient (Wildman–Crippen LogP) is 14.1. The van der Waals surface area contributed by atoms with Crippen molar-refractivity contribution in [2.24, 2.45) is 5.92 Å². The summed E-state index contributed by atoms with van der Waals surface area (Å²) in [7, 11) is 2.19. The van der Waals surface area contributed by atoms with Gasteiger partial charge in [-0.2, -0.15) is 0 Å². The van der Waals surface area contributed by atoms with E-state index in [2.05, 4.69) is 175 Å². The monoisotopic (exact) mass is 1380 g/mol. The number of aliphatic hydroxyl groups is 1. The van der Waals surface area contributed by atoms with Crippen LogP contribution < -0.4 is 32.7 Å². The molecule has 0 spiro atoms. The number of piperidine rings is 1. The first kappa shape index (κ1) is 64.8. The van der Waals surface area contributed by atoms with Crippen molar-refractivity contribution >= 4 is 99.2 Å². The van der Waals surface area contributed by atoms with Crippen LogP contribution in [0.2, 0.25) is 0 Å². The number of para-hydroxylation sites is 3. The van der Waals surface area contributed by atoms with Gasteiger partial charge in [-0.05, 0) is 78.9 Å². The second-order valence-corrected chi connectivity index (χ2v) is 28.0. The molecule has 0 radical (unpaired) electrons. The Morgan fingerprint density at radius 3 is 1.10 bits per heavy atom. The molecule has 0 saturated carbocycles. The lowest BCUT2D eigenvalue weighted by atomic mass is 9.97. The number of imidazole rings is 3. The number of nitrogens with two attached hydrogens (primary N) is 4. The summed E-state index contributed by atoms with van der Waals surface area (Å²) in [5.41, 5.74) is 40.7. The molecule has 2 aliphatic rings. The van der Waals surface area contributed by atoms with Crippen LogP contribution in [0.15, 0.2) is 220 Å². The fraction of sp³-hybridized carbons (Fsp3) is 0.182. The first-order valence-corrected chi connectivity index (χ1v) is 35.6. The number of rotatable bonds is 15. The standard InChI is InChI=1S/C28H28N6OS.C27H27N7S.C22H18N6S/c29-27-22-14-24(36-28(22)31-17-30-27)26-25(20-6-2-1-3-7-20)32-18-34(26)15-21-8-4-5-9-23(21)33-12-10-19(16-35)11-13-33;1-32-11-13-33(14-12-32)22-10-6-5-9-20(22)16-34-18-31-24(19-7-3-2-4-8-19)25(34)23-15-21-26(28)29-17-30-27(21)35-23;23-17-9-5-4-8-15(17)11-28-13-27-19(14-6-2-1-3-7-14)20(28)18-10-16-21(24)25-12-26-22(16)29-18/h1-9,14,17-19,35H,10-13,15-16H2,(H2,29,30,31);2-10,15,17-18H,11-14,16H2,1H3,(H2,28,29,30);1-10,12-13H,11,23H2,(H2,24,25,26). The van der Waals surface area contributed by atoms with Crippen molar-refractivity contribution in [2.45, 2.75) is 32.5 Å². The van der Waals surface area contributed by atoms with Gasteiger partial charge in [0.15, 0.2) is 0 Å². The summed E-state index contributed by atoms with van der Waals surface area (Å²) in [6.07, 6.45) is 12.3. The van der Waals surface area contributed by atoms with E-state index in [0.717, 1.165) is 166 Å². The zero-order chi connectivity index (χ0) is 68.1. The average Bonchev–Trinajstić information content (AvgIpc) is 1.61. The van der Waals surface area contributed by atoms with E-state index in [1.807, 2.05) is 91.8 Å². The highest BCUT2D eigenvalue weighted by molar-refractivity contribution is 7.22. The zero-order valence-corrected chi connectivity index (χ0v) is 57.5. The number of thiophene rings is 3. The van der Waals surface area contributed by atoms with Crippen molar-refractivity contribution in [3.8, 4) is 65.5 Å².